The van der Waals surface area contributed by atoms with Crippen molar-refractivity contribution in [3.63, 3.8) is 0 Å². The molecule has 1 heterocycles. The number of carbonyl (C=O) groups is 1. The Morgan fingerprint density at radius 3 is 2.61 bits per heavy atom. The summed E-state index contributed by atoms with van der Waals surface area (Å²) in [7, 11) is 0. The van der Waals surface area contributed by atoms with Gasteiger partial charge in [0.05, 0.1) is 6.61 Å². The van der Waals surface area contributed by atoms with Gasteiger partial charge in [-0.1, -0.05) is 34.1 Å². The summed E-state index contributed by atoms with van der Waals surface area (Å²) in [5, 5.41) is 0. The maximum Gasteiger partial charge on any atom is 0.409 e. The monoisotopic (exact) mass is 255 g/mol. The Kier molecular flexibility index (Phi) is 5.97. The Morgan fingerprint density at radius 2 is 2.00 bits per heavy atom. The number of hydrogen-bond donors (Lipinski definition) is 0. The molecule has 1 aliphatic rings. The molecule has 0 aliphatic carbocycles. The maximum atomic E-state index is 11.9. The van der Waals surface area contributed by atoms with Crippen molar-refractivity contribution in [2.75, 3.05) is 19.7 Å². The van der Waals surface area contributed by atoms with Crippen LogP contribution in [0.2, 0.25) is 0 Å². The third kappa shape index (κ3) is 4.87. The second kappa shape index (κ2) is 7.01. The van der Waals surface area contributed by atoms with Crippen molar-refractivity contribution >= 4 is 6.09 Å². The fourth-order valence-electron chi connectivity index (χ4n) is 2.54. The van der Waals surface area contributed by atoms with Crippen LogP contribution >= 0.6 is 0 Å². The van der Waals surface area contributed by atoms with Gasteiger partial charge in [0.15, 0.2) is 0 Å². The van der Waals surface area contributed by atoms with E-state index in [1.807, 2.05) is 4.90 Å². The number of likely N-dealkylation sites (tertiary alicyclic amines) is 1. The molecule has 0 radical (unpaired) electrons. The van der Waals surface area contributed by atoms with Gasteiger partial charge in [0.1, 0.15) is 0 Å². The number of ether oxygens (including phenoxy) is 1. The summed E-state index contributed by atoms with van der Waals surface area (Å²) in [5.41, 5.74) is 0.349. The standard InChI is InChI=1S/C15H29NO2/c1-5-6-12-18-14(17)16-10-7-8-13(9-11-16)15(2,3)4/h13H,5-12H2,1-4H3. The Hall–Kier alpha value is -0.730. The zero-order valence-corrected chi connectivity index (χ0v) is 12.5. The van der Waals surface area contributed by atoms with E-state index in [2.05, 4.69) is 27.7 Å². The lowest BCUT2D eigenvalue weighted by Crippen LogP contribution is -2.33. The number of unbranched alkanes of at least 4 members (excludes halogenated alkanes) is 1. The van der Waals surface area contributed by atoms with Gasteiger partial charge in [-0.3, -0.25) is 0 Å². The molecule has 0 spiro atoms. The molecule has 1 saturated heterocycles. The van der Waals surface area contributed by atoms with Crippen molar-refractivity contribution in [2.24, 2.45) is 11.3 Å². The molecule has 3 nitrogen and oxygen atoms in total. The predicted octanol–water partition coefficient (Wildman–Crippen LogP) is 4.07. The summed E-state index contributed by atoms with van der Waals surface area (Å²) in [6.07, 6.45) is 5.35. The minimum atomic E-state index is -0.113. The zero-order chi connectivity index (χ0) is 13.6. The van der Waals surface area contributed by atoms with E-state index in [1.165, 1.54) is 6.42 Å². The molecule has 3 heteroatoms. The van der Waals surface area contributed by atoms with Gasteiger partial charge < -0.3 is 9.64 Å². The third-order valence-corrected chi connectivity index (χ3v) is 3.93. The Morgan fingerprint density at radius 1 is 1.28 bits per heavy atom. The molecule has 1 fully saturated rings. The van der Waals surface area contributed by atoms with Crippen LogP contribution in [0.3, 0.4) is 0 Å². The first kappa shape index (κ1) is 15.3. The molecule has 0 aromatic heterocycles. The highest BCUT2D eigenvalue weighted by molar-refractivity contribution is 5.67. The van der Waals surface area contributed by atoms with E-state index < -0.39 is 0 Å². The van der Waals surface area contributed by atoms with E-state index in [-0.39, 0.29) is 6.09 Å². The van der Waals surface area contributed by atoms with Crippen LogP contribution in [-0.4, -0.2) is 30.7 Å². The molecule has 0 bridgehead atoms. The van der Waals surface area contributed by atoms with Gasteiger partial charge in [0.2, 0.25) is 0 Å². The topological polar surface area (TPSA) is 29.5 Å². The number of rotatable bonds is 3. The minimum absolute atomic E-state index is 0.113. The van der Waals surface area contributed by atoms with Gasteiger partial charge in [-0.05, 0) is 37.0 Å². The van der Waals surface area contributed by atoms with Crippen LogP contribution in [0.5, 0.6) is 0 Å². The van der Waals surface area contributed by atoms with Crippen molar-refractivity contribution < 1.29 is 9.53 Å². The van der Waals surface area contributed by atoms with Crippen LogP contribution in [0.4, 0.5) is 4.79 Å². The number of hydrogen-bond acceptors (Lipinski definition) is 2. The number of carbonyl (C=O) groups excluding carboxylic acids is 1. The van der Waals surface area contributed by atoms with E-state index in [0.29, 0.717) is 17.9 Å². The predicted molar refractivity (Wildman–Crippen MR) is 74.6 cm³/mol. The third-order valence-electron chi connectivity index (χ3n) is 3.93. The zero-order valence-electron chi connectivity index (χ0n) is 12.5. The Labute approximate surface area is 112 Å². The summed E-state index contributed by atoms with van der Waals surface area (Å²) < 4.78 is 5.29. The largest absolute Gasteiger partial charge is 0.449 e. The first-order valence-corrected chi connectivity index (χ1v) is 7.37. The highest BCUT2D eigenvalue weighted by Gasteiger charge is 2.28. The molecule has 0 N–H and O–H groups in total. The molecule has 0 aromatic rings. The van der Waals surface area contributed by atoms with Crippen molar-refractivity contribution in [3.05, 3.63) is 0 Å². The summed E-state index contributed by atoms with van der Waals surface area (Å²) in [6, 6.07) is 0. The van der Waals surface area contributed by atoms with Gasteiger partial charge in [-0.2, -0.15) is 0 Å². The summed E-state index contributed by atoms with van der Waals surface area (Å²) in [4.78, 5) is 13.8. The smallest absolute Gasteiger partial charge is 0.409 e. The summed E-state index contributed by atoms with van der Waals surface area (Å²) >= 11 is 0. The molecule has 1 amide bonds. The summed E-state index contributed by atoms with van der Waals surface area (Å²) in [5.74, 6) is 0.714. The van der Waals surface area contributed by atoms with Gasteiger partial charge in [-0.15, -0.1) is 0 Å². The first-order chi connectivity index (χ1) is 8.45. The quantitative estimate of drug-likeness (QED) is 0.711. The van der Waals surface area contributed by atoms with Crippen molar-refractivity contribution in [1.82, 2.24) is 4.90 Å². The molecule has 106 valence electrons. The van der Waals surface area contributed by atoms with E-state index in [9.17, 15) is 4.79 Å². The average Bonchev–Trinajstić information content (AvgIpc) is 2.54. The minimum Gasteiger partial charge on any atom is -0.449 e. The molecular weight excluding hydrogens is 226 g/mol. The van der Waals surface area contributed by atoms with E-state index >= 15 is 0 Å². The van der Waals surface area contributed by atoms with Crippen LogP contribution in [0, 0.1) is 11.3 Å². The number of nitrogens with zero attached hydrogens (tertiary/aromatic N) is 1. The van der Waals surface area contributed by atoms with Crippen LogP contribution in [0.15, 0.2) is 0 Å². The second-order valence-corrected chi connectivity index (χ2v) is 6.45. The lowest BCUT2D eigenvalue weighted by atomic mass is 9.77. The SMILES string of the molecule is CCCCOC(=O)N1CCCC(C(C)(C)C)CC1. The second-order valence-electron chi connectivity index (χ2n) is 6.45. The molecule has 1 rings (SSSR count). The lowest BCUT2D eigenvalue weighted by molar-refractivity contribution is 0.101. The van der Waals surface area contributed by atoms with E-state index in [0.717, 1.165) is 38.8 Å². The maximum absolute atomic E-state index is 11.9. The Bertz CT molecular complexity index is 258. The highest BCUT2D eigenvalue weighted by atomic mass is 16.6. The highest BCUT2D eigenvalue weighted by Crippen LogP contribution is 2.34. The number of amides is 1. The molecule has 1 aliphatic heterocycles. The van der Waals surface area contributed by atoms with Crippen molar-refractivity contribution in [2.45, 2.75) is 59.8 Å². The summed E-state index contributed by atoms with van der Waals surface area (Å²) in [6.45, 7) is 11.3. The molecular formula is C15H29NO2. The average molecular weight is 255 g/mol. The van der Waals surface area contributed by atoms with E-state index in [1.54, 1.807) is 0 Å². The van der Waals surface area contributed by atoms with Crippen molar-refractivity contribution in [1.29, 1.82) is 0 Å². The molecule has 0 saturated carbocycles. The van der Waals surface area contributed by atoms with Gasteiger partial charge in [-0.25, -0.2) is 4.79 Å². The molecule has 1 atom stereocenters. The van der Waals surface area contributed by atoms with Crippen LogP contribution in [0.1, 0.15) is 59.8 Å². The first-order valence-electron chi connectivity index (χ1n) is 7.37. The van der Waals surface area contributed by atoms with Gasteiger partial charge >= 0.3 is 6.09 Å². The van der Waals surface area contributed by atoms with Crippen LogP contribution < -0.4 is 0 Å². The lowest BCUT2D eigenvalue weighted by Gasteiger charge is -2.29. The molecule has 1 unspecified atom stereocenters. The fraction of sp³-hybridized carbons (Fsp3) is 0.933. The van der Waals surface area contributed by atoms with Gasteiger partial charge in [0, 0.05) is 13.1 Å². The molecule has 0 aromatic carbocycles. The normalized spacial score (nSPS) is 21.6. The van der Waals surface area contributed by atoms with Gasteiger partial charge in [0.25, 0.3) is 0 Å². The Balaban J connectivity index is 2.39. The van der Waals surface area contributed by atoms with Crippen LogP contribution in [-0.2, 0) is 4.74 Å². The fourth-order valence-corrected chi connectivity index (χ4v) is 2.54. The molecule has 18 heavy (non-hydrogen) atoms. The van der Waals surface area contributed by atoms with E-state index in [4.69, 9.17) is 4.74 Å². The van der Waals surface area contributed by atoms with Crippen LogP contribution in [0.25, 0.3) is 0 Å². The van der Waals surface area contributed by atoms with Crippen molar-refractivity contribution in [3.8, 4) is 0 Å².